The Morgan fingerprint density at radius 3 is 2.82 bits per heavy atom. The SMILES string of the molecule is Fc1nccc(I)c1C1CC1. The fourth-order valence-electron chi connectivity index (χ4n) is 1.16. The van der Waals surface area contributed by atoms with E-state index in [1.165, 1.54) is 6.20 Å². The number of pyridine rings is 1. The number of hydrogen-bond donors (Lipinski definition) is 0. The molecule has 0 radical (unpaired) electrons. The zero-order valence-corrected chi connectivity index (χ0v) is 8.01. The lowest BCUT2D eigenvalue weighted by molar-refractivity contribution is 0.565. The number of rotatable bonds is 1. The van der Waals surface area contributed by atoms with Crippen LogP contribution in [0.5, 0.6) is 0 Å². The first kappa shape index (κ1) is 7.46. The molecule has 1 aliphatic carbocycles. The van der Waals surface area contributed by atoms with Crippen LogP contribution in [-0.2, 0) is 0 Å². The summed E-state index contributed by atoms with van der Waals surface area (Å²) in [4.78, 5) is 3.63. The van der Waals surface area contributed by atoms with Crippen molar-refractivity contribution < 1.29 is 4.39 Å². The lowest BCUT2D eigenvalue weighted by atomic mass is 10.2. The van der Waals surface area contributed by atoms with Crippen LogP contribution in [0.1, 0.15) is 24.3 Å². The van der Waals surface area contributed by atoms with Crippen LogP contribution >= 0.6 is 22.6 Å². The van der Waals surface area contributed by atoms with Gasteiger partial charge in [-0.05, 0) is 47.4 Å². The molecule has 0 amide bonds. The molecule has 0 spiro atoms. The summed E-state index contributed by atoms with van der Waals surface area (Å²) in [5.41, 5.74) is 0.827. The van der Waals surface area contributed by atoms with E-state index in [4.69, 9.17) is 0 Å². The molecule has 0 bridgehead atoms. The Labute approximate surface area is 78.2 Å². The third-order valence-electron chi connectivity index (χ3n) is 1.87. The standard InChI is InChI=1S/C8H7FIN/c9-8-7(5-1-2-5)6(10)3-4-11-8/h3-5H,1-2H2. The third kappa shape index (κ3) is 1.38. The maximum atomic E-state index is 13.0. The second kappa shape index (κ2) is 2.69. The number of halogens is 2. The molecule has 0 aromatic carbocycles. The maximum Gasteiger partial charge on any atom is 0.217 e. The highest BCUT2D eigenvalue weighted by Gasteiger charge is 2.28. The van der Waals surface area contributed by atoms with Crippen molar-refractivity contribution >= 4 is 22.6 Å². The summed E-state index contributed by atoms with van der Waals surface area (Å²) in [6.07, 6.45) is 3.76. The molecule has 58 valence electrons. The molecular weight excluding hydrogens is 256 g/mol. The predicted octanol–water partition coefficient (Wildman–Crippen LogP) is 2.70. The van der Waals surface area contributed by atoms with E-state index < -0.39 is 0 Å². The van der Waals surface area contributed by atoms with E-state index in [1.807, 2.05) is 6.07 Å². The van der Waals surface area contributed by atoms with Gasteiger partial charge in [0, 0.05) is 15.3 Å². The lowest BCUT2D eigenvalue weighted by Crippen LogP contribution is -1.94. The van der Waals surface area contributed by atoms with Crippen molar-refractivity contribution in [3.63, 3.8) is 0 Å². The molecule has 2 rings (SSSR count). The third-order valence-corrected chi connectivity index (χ3v) is 2.81. The van der Waals surface area contributed by atoms with Gasteiger partial charge in [-0.15, -0.1) is 0 Å². The fourth-order valence-corrected chi connectivity index (χ4v) is 1.99. The Morgan fingerprint density at radius 2 is 2.27 bits per heavy atom. The van der Waals surface area contributed by atoms with E-state index in [2.05, 4.69) is 27.6 Å². The quantitative estimate of drug-likeness (QED) is 0.560. The van der Waals surface area contributed by atoms with Crippen molar-refractivity contribution in [2.24, 2.45) is 0 Å². The van der Waals surface area contributed by atoms with Crippen LogP contribution in [0.4, 0.5) is 4.39 Å². The summed E-state index contributed by atoms with van der Waals surface area (Å²) < 4.78 is 14.0. The molecule has 11 heavy (non-hydrogen) atoms. The van der Waals surface area contributed by atoms with Crippen LogP contribution in [0.25, 0.3) is 0 Å². The van der Waals surface area contributed by atoms with E-state index >= 15 is 0 Å². The van der Waals surface area contributed by atoms with E-state index in [9.17, 15) is 4.39 Å². The predicted molar refractivity (Wildman–Crippen MR) is 48.9 cm³/mol. The van der Waals surface area contributed by atoms with Gasteiger partial charge in [-0.2, -0.15) is 4.39 Å². The molecule has 1 heterocycles. The average molecular weight is 263 g/mol. The van der Waals surface area contributed by atoms with E-state index in [0.29, 0.717) is 5.92 Å². The summed E-state index contributed by atoms with van der Waals surface area (Å²) >= 11 is 2.16. The van der Waals surface area contributed by atoms with Gasteiger partial charge in [-0.25, -0.2) is 4.98 Å². The van der Waals surface area contributed by atoms with Crippen LogP contribution in [0, 0.1) is 9.52 Å². The minimum absolute atomic E-state index is 0.278. The fraction of sp³-hybridized carbons (Fsp3) is 0.375. The second-order valence-electron chi connectivity index (χ2n) is 2.77. The number of nitrogens with zero attached hydrogens (tertiary/aromatic N) is 1. The van der Waals surface area contributed by atoms with Gasteiger partial charge >= 0.3 is 0 Å². The Bertz CT molecular complexity index is 263. The Balaban J connectivity index is 2.48. The van der Waals surface area contributed by atoms with Crippen LogP contribution in [0.3, 0.4) is 0 Å². The van der Waals surface area contributed by atoms with Crippen molar-refractivity contribution in [2.75, 3.05) is 0 Å². The minimum atomic E-state index is -0.278. The Kier molecular flexibility index (Phi) is 1.83. The molecule has 0 saturated heterocycles. The first-order chi connectivity index (χ1) is 5.29. The molecule has 3 heteroatoms. The smallest absolute Gasteiger partial charge is 0.217 e. The van der Waals surface area contributed by atoms with E-state index in [-0.39, 0.29) is 5.95 Å². The summed E-state index contributed by atoms with van der Waals surface area (Å²) in [7, 11) is 0. The molecule has 0 unspecified atom stereocenters. The molecule has 0 N–H and O–H groups in total. The van der Waals surface area contributed by atoms with Crippen molar-refractivity contribution in [1.82, 2.24) is 4.98 Å². The minimum Gasteiger partial charge on any atom is -0.228 e. The summed E-state index contributed by atoms with van der Waals surface area (Å²) in [5, 5.41) is 0. The highest BCUT2D eigenvalue weighted by molar-refractivity contribution is 14.1. The molecule has 0 atom stereocenters. The van der Waals surface area contributed by atoms with Gasteiger partial charge < -0.3 is 0 Å². The highest BCUT2D eigenvalue weighted by atomic mass is 127. The van der Waals surface area contributed by atoms with Crippen LogP contribution in [-0.4, -0.2) is 4.98 Å². The molecule has 1 nitrogen and oxygen atoms in total. The van der Waals surface area contributed by atoms with Crippen molar-refractivity contribution in [3.8, 4) is 0 Å². The normalized spacial score (nSPS) is 16.9. The monoisotopic (exact) mass is 263 g/mol. The van der Waals surface area contributed by atoms with Gasteiger partial charge in [0.05, 0.1) is 0 Å². The van der Waals surface area contributed by atoms with Gasteiger partial charge in [-0.3, -0.25) is 0 Å². The molecule has 0 aliphatic heterocycles. The molecular formula is C8H7FIN. The maximum absolute atomic E-state index is 13.0. The van der Waals surface area contributed by atoms with Gasteiger partial charge in [0.1, 0.15) is 0 Å². The van der Waals surface area contributed by atoms with E-state index in [1.54, 1.807) is 0 Å². The van der Waals surface area contributed by atoms with E-state index in [0.717, 1.165) is 22.0 Å². The summed E-state index contributed by atoms with van der Waals surface area (Å²) in [6, 6.07) is 1.86. The second-order valence-corrected chi connectivity index (χ2v) is 3.93. The zero-order chi connectivity index (χ0) is 7.84. The van der Waals surface area contributed by atoms with Gasteiger partial charge in [0.15, 0.2) is 0 Å². The van der Waals surface area contributed by atoms with Crippen LogP contribution in [0.15, 0.2) is 12.3 Å². The van der Waals surface area contributed by atoms with Gasteiger partial charge in [0.25, 0.3) is 0 Å². The first-order valence-electron chi connectivity index (χ1n) is 3.59. The molecule has 1 aromatic heterocycles. The average Bonchev–Trinajstić information content (AvgIpc) is 2.70. The van der Waals surface area contributed by atoms with Gasteiger partial charge in [0.2, 0.25) is 5.95 Å². The van der Waals surface area contributed by atoms with Crippen molar-refractivity contribution in [3.05, 3.63) is 27.3 Å². The first-order valence-corrected chi connectivity index (χ1v) is 4.67. The molecule has 1 aliphatic rings. The molecule has 1 fully saturated rings. The summed E-state index contributed by atoms with van der Waals surface area (Å²) in [6.45, 7) is 0. The lowest BCUT2D eigenvalue weighted by Gasteiger charge is -2.01. The van der Waals surface area contributed by atoms with Crippen molar-refractivity contribution in [1.29, 1.82) is 0 Å². The Morgan fingerprint density at radius 1 is 1.55 bits per heavy atom. The Hall–Kier alpha value is -0.190. The van der Waals surface area contributed by atoms with Crippen LogP contribution < -0.4 is 0 Å². The number of aromatic nitrogens is 1. The highest BCUT2D eigenvalue weighted by Crippen LogP contribution is 2.42. The van der Waals surface area contributed by atoms with Crippen molar-refractivity contribution in [2.45, 2.75) is 18.8 Å². The topological polar surface area (TPSA) is 12.9 Å². The van der Waals surface area contributed by atoms with Crippen LogP contribution in [0.2, 0.25) is 0 Å². The largest absolute Gasteiger partial charge is 0.228 e. The molecule has 1 aromatic rings. The summed E-state index contributed by atoms with van der Waals surface area (Å²) in [5.74, 6) is 0.176. The number of hydrogen-bond acceptors (Lipinski definition) is 1. The zero-order valence-electron chi connectivity index (χ0n) is 5.85. The van der Waals surface area contributed by atoms with Gasteiger partial charge in [-0.1, -0.05) is 0 Å². The molecule has 1 saturated carbocycles.